The summed E-state index contributed by atoms with van der Waals surface area (Å²) in [6.07, 6.45) is -2.29. The lowest BCUT2D eigenvalue weighted by Crippen LogP contribution is -2.47. The van der Waals surface area contributed by atoms with Crippen molar-refractivity contribution in [3.8, 4) is 0 Å². The number of ketones is 1. The third-order valence-electron chi connectivity index (χ3n) is 4.84. The summed E-state index contributed by atoms with van der Waals surface area (Å²) in [7, 11) is 0. The molecule has 0 aromatic heterocycles. The molecule has 0 spiro atoms. The molecule has 34 heavy (non-hydrogen) atoms. The minimum absolute atomic E-state index is 0.0896. The van der Waals surface area contributed by atoms with Crippen LogP contribution in [0, 0.1) is 0 Å². The van der Waals surface area contributed by atoms with Gasteiger partial charge in [-0.25, -0.2) is 0 Å². The summed E-state index contributed by atoms with van der Waals surface area (Å²) >= 11 is 0. The molecule has 0 saturated carbocycles. The van der Waals surface area contributed by atoms with Crippen LogP contribution in [0.2, 0.25) is 0 Å². The molecule has 1 unspecified atom stereocenters. The number of unbranched alkanes of at least 4 members (excludes halogenated alkanes) is 5. The second kappa shape index (κ2) is 17.8. The van der Waals surface area contributed by atoms with Crippen LogP contribution in [-0.4, -0.2) is 92.8 Å². The van der Waals surface area contributed by atoms with Gasteiger partial charge in [-0.3, -0.25) is 24.0 Å². The van der Waals surface area contributed by atoms with Crippen LogP contribution in [0.4, 0.5) is 0 Å². The van der Waals surface area contributed by atoms with Crippen LogP contribution in [0.3, 0.4) is 0 Å². The summed E-state index contributed by atoms with van der Waals surface area (Å²) < 4.78 is 9.67. The highest BCUT2D eigenvalue weighted by atomic mass is 16.6. The van der Waals surface area contributed by atoms with E-state index in [2.05, 4.69) is 0 Å². The fraction of sp³-hybridized carbons (Fsp3) is 0.762. The van der Waals surface area contributed by atoms with Crippen molar-refractivity contribution in [2.24, 2.45) is 5.73 Å². The highest BCUT2D eigenvalue weighted by Crippen LogP contribution is 2.12. The Morgan fingerprint density at radius 3 is 1.88 bits per heavy atom. The van der Waals surface area contributed by atoms with Gasteiger partial charge in [0.1, 0.15) is 18.2 Å². The quantitative estimate of drug-likeness (QED) is 0.0894. The maximum Gasteiger partial charge on any atom is 0.320 e. The van der Waals surface area contributed by atoms with Crippen molar-refractivity contribution in [3.05, 3.63) is 0 Å². The zero-order valence-electron chi connectivity index (χ0n) is 19.0. The number of carbonyl (C=O) groups excluding carboxylic acids is 3. The maximum absolute atomic E-state index is 12.3. The molecule has 0 aromatic carbocycles. The van der Waals surface area contributed by atoms with Gasteiger partial charge in [-0.05, 0) is 19.3 Å². The van der Waals surface area contributed by atoms with Crippen molar-refractivity contribution in [2.45, 2.75) is 88.6 Å². The van der Waals surface area contributed by atoms with E-state index in [0.717, 1.165) is 19.3 Å². The van der Waals surface area contributed by atoms with Crippen molar-refractivity contribution in [1.82, 2.24) is 0 Å². The van der Waals surface area contributed by atoms with E-state index in [1.165, 1.54) is 0 Å². The van der Waals surface area contributed by atoms with Gasteiger partial charge in [0.2, 0.25) is 5.78 Å². The van der Waals surface area contributed by atoms with Gasteiger partial charge in [0.15, 0.2) is 12.7 Å². The van der Waals surface area contributed by atoms with Gasteiger partial charge in [0, 0.05) is 19.3 Å². The number of hydrogen-bond donors (Lipinski definition) is 6. The summed E-state index contributed by atoms with van der Waals surface area (Å²) in [6, 6.07) is -1.29. The van der Waals surface area contributed by atoms with E-state index in [-0.39, 0.29) is 25.7 Å². The number of carboxylic acid groups (broad SMARTS) is 2. The summed E-state index contributed by atoms with van der Waals surface area (Å²) in [6.45, 7) is -1.83. The molecule has 0 amide bonds. The van der Waals surface area contributed by atoms with Gasteiger partial charge in [0.25, 0.3) is 0 Å². The zero-order chi connectivity index (χ0) is 26.1. The molecule has 0 rings (SSSR count). The smallest absolute Gasteiger partial charge is 0.320 e. The third-order valence-corrected chi connectivity index (χ3v) is 4.84. The predicted molar refractivity (Wildman–Crippen MR) is 114 cm³/mol. The molecular formula is C21H35NO12. The normalized spacial score (nSPS) is 14.5. The van der Waals surface area contributed by atoms with Gasteiger partial charge < -0.3 is 40.7 Å². The minimum Gasteiger partial charge on any atom is -0.481 e. The van der Waals surface area contributed by atoms with E-state index >= 15 is 0 Å². The number of esters is 2. The van der Waals surface area contributed by atoms with Gasteiger partial charge in [-0.15, -0.1) is 0 Å². The Morgan fingerprint density at radius 2 is 1.35 bits per heavy atom. The zero-order valence-corrected chi connectivity index (χ0v) is 19.0. The average Bonchev–Trinajstić information content (AvgIpc) is 2.79. The van der Waals surface area contributed by atoms with Crippen molar-refractivity contribution >= 4 is 29.7 Å². The first kappa shape index (κ1) is 31.4. The third kappa shape index (κ3) is 14.5. The maximum atomic E-state index is 12.3. The number of aliphatic hydroxyl groups excluding tert-OH is 3. The summed E-state index contributed by atoms with van der Waals surface area (Å²) in [5, 5.41) is 45.9. The van der Waals surface area contributed by atoms with Gasteiger partial charge >= 0.3 is 23.9 Å². The Kier molecular flexibility index (Phi) is 16.4. The molecule has 13 heteroatoms. The monoisotopic (exact) mass is 493 g/mol. The highest BCUT2D eigenvalue weighted by Gasteiger charge is 2.35. The number of carbonyl (C=O) groups is 5. The van der Waals surface area contributed by atoms with Crippen molar-refractivity contribution in [1.29, 1.82) is 0 Å². The lowest BCUT2D eigenvalue weighted by molar-refractivity contribution is -0.171. The van der Waals surface area contributed by atoms with Crippen molar-refractivity contribution in [2.75, 3.05) is 13.2 Å². The molecule has 0 aliphatic heterocycles. The second-order valence-corrected chi connectivity index (χ2v) is 7.78. The number of ether oxygens (including phenoxy) is 2. The SMILES string of the molecule is NC(CCC(=O)OCC(=O)[C@H](OC(=O)CCCCCCCCC(=O)O)[C@@H](O)[C@H](O)CO)C(=O)O. The first-order chi connectivity index (χ1) is 16.0. The highest BCUT2D eigenvalue weighted by molar-refractivity contribution is 5.88. The lowest BCUT2D eigenvalue weighted by Gasteiger charge is -2.24. The molecule has 7 N–H and O–H groups in total. The second-order valence-electron chi connectivity index (χ2n) is 7.78. The molecule has 0 bridgehead atoms. The van der Waals surface area contributed by atoms with Gasteiger partial charge in [0.05, 0.1) is 6.61 Å². The van der Waals surface area contributed by atoms with E-state index in [9.17, 15) is 34.2 Å². The van der Waals surface area contributed by atoms with Crippen LogP contribution >= 0.6 is 0 Å². The fourth-order valence-corrected chi connectivity index (χ4v) is 2.79. The van der Waals surface area contributed by atoms with Crippen molar-refractivity contribution in [3.63, 3.8) is 0 Å². The summed E-state index contributed by atoms with van der Waals surface area (Å²) in [4.78, 5) is 57.2. The summed E-state index contributed by atoms with van der Waals surface area (Å²) in [5.41, 5.74) is 5.27. The Labute approximate surface area is 196 Å². The minimum atomic E-state index is -1.96. The largest absolute Gasteiger partial charge is 0.481 e. The number of nitrogens with two attached hydrogens (primary N) is 1. The van der Waals surface area contributed by atoms with Crippen molar-refractivity contribution < 1.29 is 59.0 Å². The van der Waals surface area contributed by atoms with Crippen LogP contribution in [0.25, 0.3) is 0 Å². The van der Waals surface area contributed by atoms with Crippen LogP contribution in [-0.2, 0) is 33.4 Å². The Bertz CT molecular complexity index is 668. The van der Waals surface area contributed by atoms with Crippen LogP contribution in [0.5, 0.6) is 0 Å². The Balaban J connectivity index is 4.56. The predicted octanol–water partition coefficient (Wildman–Crippen LogP) is -0.878. The first-order valence-electron chi connectivity index (χ1n) is 11.0. The fourth-order valence-electron chi connectivity index (χ4n) is 2.79. The first-order valence-corrected chi connectivity index (χ1v) is 11.0. The molecular weight excluding hydrogens is 458 g/mol. The topological polar surface area (TPSA) is 231 Å². The number of hydrogen-bond acceptors (Lipinski definition) is 11. The molecule has 196 valence electrons. The molecule has 0 heterocycles. The molecule has 4 atom stereocenters. The number of carboxylic acids is 2. The molecule has 0 fully saturated rings. The molecule has 13 nitrogen and oxygen atoms in total. The summed E-state index contributed by atoms with van der Waals surface area (Å²) in [5.74, 6) is -4.97. The number of Topliss-reactive ketones (excluding diaryl/α,β-unsaturated/α-hetero) is 1. The Morgan fingerprint density at radius 1 is 0.794 bits per heavy atom. The van der Waals surface area contributed by atoms with Crippen LogP contribution in [0.15, 0.2) is 0 Å². The average molecular weight is 494 g/mol. The molecule has 0 aliphatic carbocycles. The van der Waals surface area contributed by atoms with E-state index in [4.69, 9.17) is 30.5 Å². The van der Waals surface area contributed by atoms with Gasteiger partial charge in [-0.1, -0.05) is 25.7 Å². The van der Waals surface area contributed by atoms with E-state index in [0.29, 0.717) is 19.3 Å². The van der Waals surface area contributed by atoms with Crippen LogP contribution in [0.1, 0.15) is 64.2 Å². The standard InChI is InChI=1S/C21H35NO12/c22-13(21(31)32)9-10-17(28)33-12-15(25)20(19(30)14(24)11-23)34-18(29)8-6-4-2-1-3-5-7-16(26)27/h13-14,19-20,23-24,30H,1-12,22H2,(H,26,27)(H,31,32)/t13?,14-,19+,20+/m1/s1. The molecule has 0 aromatic rings. The molecule has 0 saturated heterocycles. The Hall–Kier alpha value is -2.61. The van der Waals surface area contributed by atoms with E-state index < -0.39 is 67.2 Å². The number of aliphatic carboxylic acids is 2. The molecule has 0 aliphatic rings. The number of rotatable bonds is 20. The number of aliphatic hydroxyl groups is 3. The van der Waals surface area contributed by atoms with E-state index in [1.54, 1.807) is 0 Å². The van der Waals surface area contributed by atoms with Crippen LogP contribution < -0.4 is 5.73 Å². The van der Waals surface area contributed by atoms with E-state index in [1.807, 2.05) is 0 Å². The molecule has 0 radical (unpaired) electrons. The van der Waals surface area contributed by atoms with Gasteiger partial charge in [-0.2, -0.15) is 0 Å². The lowest BCUT2D eigenvalue weighted by atomic mass is 10.0.